The first-order valence-corrected chi connectivity index (χ1v) is 6.37. The monoisotopic (exact) mass is 259 g/mol. The molecular weight excluding hydrogens is 246 g/mol. The maximum Gasteiger partial charge on any atom is 0.203 e. The van der Waals surface area contributed by atoms with Gasteiger partial charge in [0, 0.05) is 11.1 Å². The van der Waals surface area contributed by atoms with Gasteiger partial charge in [-0.05, 0) is 18.4 Å². The lowest BCUT2D eigenvalue weighted by Gasteiger charge is -2.06. The van der Waals surface area contributed by atoms with E-state index in [1.165, 1.54) is 18.4 Å². The van der Waals surface area contributed by atoms with Gasteiger partial charge in [-0.15, -0.1) is 11.3 Å². The van der Waals surface area contributed by atoms with Gasteiger partial charge in [0.05, 0.1) is 10.6 Å². The minimum Gasteiger partial charge on any atom is -0.399 e. The number of benzene rings is 1. The smallest absolute Gasteiger partial charge is 0.203 e. The minimum atomic E-state index is 0.0197. The Morgan fingerprint density at radius 1 is 1.17 bits per heavy atom. The van der Waals surface area contributed by atoms with Crippen molar-refractivity contribution < 1.29 is 9.63 Å². The number of thiophene rings is 1. The molecule has 92 valence electrons. The van der Waals surface area contributed by atoms with E-state index in [0.717, 1.165) is 10.4 Å². The molecule has 1 aromatic carbocycles. The number of oxime groups is 1. The van der Waals surface area contributed by atoms with E-state index in [2.05, 4.69) is 5.16 Å². The molecule has 0 unspecified atom stereocenters. The first kappa shape index (κ1) is 12.5. The van der Waals surface area contributed by atoms with Crippen LogP contribution >= 0.6 is 11.3 Å². The predicted molar refractivity (Wildman–Crippen MR) is 73.4 cm³/mol. The van der Waals surface area contributed by atoms with E-state index in [9.17, 15) is 4.79 Å². The van der Waals surface area contributed by atoms with E-state index in [0.29, 0.717) is 11.3 Å². The van der Waals surface area contributed by atoms with Crippen LogP contribution in [0, 0.1) is 0 Å². The van der Waals surface area contributed by atoms with Crippen molar-refractivity contribution in [2.45, 2.75) is 6.92 Å². The minimum absolute atomic E-state index is 0.0197. The Hall–Kier alpha value is -1.94. The zero-order chi connectivity index (χ0) is 13.0. The summed E-state index contributed by atoms with van der Waals surface area (Å²) >= 11 is 1.44. The van der Waals surface area contributed by atoms with Crippen LogP contribution < -0.4 is 0 Å². The second kappa shape index (κ2) is 5.60. The summed E-state index contributed by atoms with van der Waals surface area (Å²) in [5.41, 5.74) is 2.15. The zero-order valence-electron chi connectivity index (χ0n) is 10.2. The van der Waals surface area contributed by atoms with Crippen LogP contribution in [-0.4, -0.2) is 18.6 Å². The molecule has 1 aromatic heterocycles. The highest BCUT2D eigenvalue weighted by Crippen LogP contribution is 2.19. The molecule has 4 heteroatoms. The van der Waals surface area contributed by atoms with Crippen molar-refractivity contribution in [2.75, 3.05) is 7.11 Å². The third kappa shape index (κ3) is 2.49. The van der Waals surface area contributed by atoms with Crippen molar-refractivity contribution in [1.82, 2.24) is 0 Å². The van der Waals surface area contributed by atoms with Crippen LogP contribution in [0.5, 0.6) is 0 Å². The summed E-state index contributed by atoms with van der Waals surface area (Å²) < 4.78 is 0. The van der Waals surface area contributed by atoms with Crippen molar-refractivity contribution in [2.24, 2.45) is 5.16 Å². The molecule has 0 saturated heterocycles. The number of carbonyl (C=O) groups excluding carboxylic acids is 1. The first-order valence-electron chi connectivity index (χ1n) is 5.49. The van der Waals surface area contributed by atoms with E-state index in [4.69, 9.17) is 4.84 Å². The average Bonchev–Trinajstić information content (AvgIpc) is 2.92. The molecule has 0 fully saturated rings. The van der Waals surface area contributed by atoms with Gasteiger partial charge < -0.3 is 4.84 Å². The molecule has 2 aromatic rings. The topological polar surface area (TPSA) is 38.7 Å². The van der Waals surface area contributed by atoms with Gasteiger partial charge in [0.1, 0.15) is 7.11 Å². The Balaban J connectivity index is 2.46. The van der Waals surface area contributed by atoms with Crippen molar-refractivity contribution in [3.8, 4) is 0 Å². The summed E-state index contributed by atoms with van der Waals surface area (Å²) in [6.45, 7) is 1.82. The number of rotatable bonds is 4. The van der Waals surface area contributed by atoms with Crippen molar-refractivity contribution >= 4 is 22.8 Å². The lowest BCUT2D eigenvalue weighted by atomic mass is 10.00. The van der Waals surface area contributed by atoms with Crippen molar-refractivity contribution in [3.63, 3.8) is 0 Å². The second-order valence-electron chi connectivity index (χ2n) is 3.71. The highest BCUT2D eigenvalue weighted by atomic mass is 32.1. The molecule has 0 spiro atoms. The fourth-order valence-corrected chi connectivity index (χ4v) is 2.40. The van der Waals surface area contributed by atoms with Crippen molar-refractivity contribution in [3.05, 3.63) is 57.8 Å². The van der Waals surface area contributed by atoms with Crippen LogP contribution in [0.15, 0.2) is 46.9 Å². The Kier molecular flexibility index (Phi) is 3.89. The number of ketones is 1. The van der Waals surface area contributed by atoms with E-state index in [1.54, 1.807) is 0 Å². The largest absolute Gasteiger partial charge is 0.399 e. The lowest BCUT2D eigenvalue weighted by Crippen LogP contribution is -2.07. The lowest BCUT2D eigenvalue weighted by molar-refractivity contribution is 0.104. The summed E-state index contributed by atoms with van der Waals surface area (Å²) in [5, 5.41) is 5.78. The molecule has 1 heterocycles. The van der Waals surface area contributed by atoms with E-state index < -0.39 is 0 Å². The molecule has 0 aliphatic rings. The molecule has 0 aliphatic heterocycles. The number of nitrogens with zero attached hydrogens (tertiary/aromatic N) is 1. The Morgan fingerprint density at radius 2 is 1.89 bits per heavy atom. The summed E-state index contributed by atoms with van der Waals surface area (Å²) in [5.74, 6) is 0.0197. The molecule has 0 aliphatic carbocycles. The third-order valence-corrected chi connectivity index (χ3v) is 3.40. The quantitative estimate of drug-likeness (QED) is 0.480. The predicted octanol–water partition coefficient (Wildman–Crippen LogP) is 3.35. The number of hydrogen-bond acceptors (Lipinski definition) is 4. The highest BCUT2D eigenvalue weighted by molar-refractivity contribution is 7.12. The van der Waals surface area contributed by atoms with Gasteiger partial charge in [-0.1, -0.05) is 35.5 Å². The number of carbonyl (C=O) groups is 1. The van der Waals surface area contributed by atoms with E-state index >= 15 is 0 Å². The van der Waals surface area contributed by atoms with Gasteiger partial charge in [-0.2, -0.15) is 0 Å². The van der Waals surface area contributed by atoms with Gasteiger partial charge in [0.2, 0.25) is 5.78 Å². The normalized spacial score (nSPS) is 11.3. The molecule has 18 heavy (non-hydrogen) atoms. The van der Waals surface area contributed by atoms with Crippen LogP contribution in [0.2, 0.25) is 0 Å². The van der Waals surface area contributed by atoms with Gasteiger partial charge in [0.25, 0.3) is 0 Å². The van der Waals surface area contributed by atoms with E-state index in [-0.39, 0.29) is 5.78 Å². The molecule has 0 saturated carbocycles. The average molecular weight is 259 g/mol. The van der Waals surface area contributed by atoms with Crippen LogP contribution in [0.3, 0.4) is 0 Å². The Bertz CT molecular complexity index is 573. The van der Waals surface area contributed by atoms with Crippen LogP contribution in [0.4, 0.5) is 0 Å². The Labute approximate surface area is 110 Å². The Morgan fingerprint density at radius 3 is 2.50 bits per heavy atom. The maximum atomic E-state index is 12.4. The van der Waals surface area contributed by atoms with Crippen LogP contribution in [0.25, 0.3) is 0 Å². The summed E-state index contributed by atoms with van der Waals surface area (Å²) in [7, 11) is 1.49. The highest BCUT2D eigenvalue weighted by Gasteiger charge is 2.15. The molecule has 0 radical (unpaired) electrons. The molecular formula is C14H13NO2S. The SMILES string of the molecule is CO/N=C(\C)c1ccccc1C(=O)c1cccs1. The zero-order valence-corrected chi connectivity index (χ0v) is 11.0. The van der Waals surface area contributed by atoms with E-state index in [1.807, 2.05) is 48.7 Å². The fraction of sp³-hybridized carbons (Fsp3) is 0.143. The van der Waals surface area contributed by atoms with Gasteiger partial charge in [0.15, 0.2) is 0 Å². The molecule has 0 bridgehead atoms. The fourth-order valence-electron chi connectivity index (χ4n) is 1.72. The number of hydrogen-bond donors (Lipinski definition) is 0. The third-order valence-electron chi connectivity index (χ3n) is 2.53. The van der Waals surface area contributed by atoms with Crippen LogP contribution in [0.1, 0.15) is 27.7 Å². The standard InChI is InChI=1S/C14H13NO2S/c1-10(15-17-2)11-6-3-4-7-12(11)14(16)13-8-5-9-18-13/h3-9H,1-2H3/b15-10+. The van der Waals surface area contributed by atoms with Gasteiger partial charge >= 0.3 is 0 Å². The maximum absolute atomic E-state index is 12.4. The second-order valence-corrected chi connectivity index (χ2v) is 4.66. The van der Waals surface area contributed by atoms with Gasteiger partial charge in [-0.25, -0.2) is 0 Å². The molecule has 0 amide bonds. The molecule has 3 nitrogen and oxygen atoms in total. The first-order chi connectivity index (χ1) is 8.74. The molecule has 2 rings (SSSR count). The van der Waals surface area contributed by atoms with Crippen molar-refractivity contribution in [1.29, 1.82) is 0 Å². The molecule has 0 N–H and O–H groups in total. The molecule has 0 atom stereocenters. The summed E-state index contributed by atoms with van der Waals surface area (Å²) in [6.07, 6.45) is 0. The van der Waals surface area contributed by atoms with Crippen LogP contribution in [-0.2, 0) is 4.84 Å². The summed E-state index contributed by atoms with van der Waals surface area (Å²) in [6, 6.07) is 11.1. The summed E-state index contributed by atoms with van der Waals surface area (Å²) in [4.78, 5) is 17.8. The van der Waals surface area contributed by atoms with Gasteiger partial charge in [-0.3, -0.25) is 4.79 Å².